The Kier molecular flexibility index (Phi) is 7.11. The molecular weight excluding hydrogens is 152 g/mol. The molecule has 0 aliphatic heterocycles. The van der Waals surface area contributed by atoms with Crippen molar-refractivity contribution in [1.29, 1.82) is 0 Å². The van der Waals surface area contributed by atoms with Gasteiger partial charge >= 0.3 is 0 Å². The molecule has 0 heterocycles. The minimum Gasteiger partial charge on any atom is -0.356 e. The van der Waals surface area contributed by atoms with Crippen molar-refractivity contribution in [2.45, 2.75) is 39.4 Å². The molecular formula is C10H20O2. The van der Waals surface area contributed by atoms with Crippen molar-refractivity contribution in [3.8, 4) is 0 Å². The van der Waals surface area contributed by atoms with Crippen LogP contribution in [0.15, 0.2) is 11.6 Å². The van der Waals surface area contributed by atoms with Gasteiger partial charge in [-0.2, -0.15) is 0 Å². The fourth-order valence-electron chi connectivity index (χ4n) is 1.02. The van der Waals surface area contributed by atoms with Crippen LogP contribution in [0, 0.1) is 0 Å². The third kappa shape index (κ3) is 5.33. The van der Waals surface area contributed by atoms with Gasteiger partial charge in [0.15, 0.2) is 6.29 Å². The monoisotopic (exact) mass is 172 g/mol. The summed E-state index contributed by atoms with van der Waals surface area (Å²) in [6.45, 7) is 4.22. The minimum atomic E-state index is -0.0327. The highest BCUT2D eigenvalue weighted by molar-refractivity contribution is 4.94. The molecule has 0 fully saturated rings. The molecule has 0 aliphatic rings. The predicted molar refractivity (Wildman–Crippen MR) is 51.1 cm³/mol. The molecule has 0 amide bonds. The van der Waals surface area contributed by atoms with E-state index in [1.54, 1.807) is 14.2 Å². The molecule has 2 nitrogen and oxygen atoms in total. The summed E-state index contributed by atoms with van der Waals surface area (Å²) in [5.41, 5.74) is 1.43. The van der Waals surface area contributed by atoms with Crippen LogP contribution in [0.1, 0.15) is 33.1 Å². The molecule has 0 saturated heterocycles. The molecule has 0 aromatic heterocycles. The largest absolute Gasteiger partial charge is 0.356 e. The quantitative estimate of drug-likeness (QED) is 0.453. The van der Waals surface area contributed by atoms with Crippen molar-refractivity contribution in [3.05, 3.63) is 11.6 Å². The molecule has 0 aromatic carbocycles. The Hall–Kier alpha value is -0.340. The maximum Gasteiger partial charge on any atom is 0.156 e. The number of rotatable bonds is 6. The van der Waals surface area contributed by atoms with E-state index in [9.17, 15) is 0 Å². The summed E-state index contributed by atoms with van der Waals surface area (Å²) in [4.78, 5) is 0. The van der Waals surface area contributed by atoms with Gasteiger partial charge in [-0.25, -0.2) is 0 Å². The van der Waals surface area contributed by atoms with E-state index in [4.69, 9.17) is 9.47 Å². The molecule has 0 rings (SSSR count). The summed E-state index contributed by atoms with van der Waals surface area (Å²) in [6, 6.07) is 0. The maximum atomic E-state index is 5.07. The molecule has 0 spiro atoms. The Bertz CT molecular complexity index is 126. The smallest absolute Gasteiger partial charge is 0.156 e. The molecule has 0 unspecified atom stereocenters. The molecule has 0 bridgehead atoms. The second-order valence-electron chi connectivity index (χ2n) is 2.93. The van der Waals surface area contributed by atoms with Gasteiger partial charge in [0.2, 0.25) is 0 Å². The Balaban J connectivity index is 3.41. The lowest BCUT2D eigenvalue weighted by Gasteiger charge is -2.12. The molecule has 2 heteroatoms. The second-order valence-corrected chi connectivity index (χ2v) is 2.93. The van der Waals surface area contributed by atoms with E-state index in [-0.39, 0.29) is 6.29 Å². The van der Waals surface area contributed by atoms with Gasteiger partial charge in [-0.15, -0.1) is 0 Å². The van der Waals surface area contributed by atoms with Gasteiger partial charge in [0.05, 0.1) is 0 Å². The van der Waals surface area contributed by atoms with Crippen LogP contribution < -0.4 is 0 Å². The van der Waals surface area contributed by atoms with Crippen molar-refractivity contribution in [1.82, 2.24) is 0 Å². The lowest BCUT2D eigenvalue weighted by atomic mass is 10.1. The zero-order chi connectivity index (χ0) is 9.40. The molecule has 0 aliphatic carbocycles. The van der Waals surface area contributed by atoms with Crippen LogP contribution in [0.5, 0.6) is 0 Å². The molecule has 12 heavy (non-hydrogen) atoms. The van der Waals surface area contributed by atoms with E-state index < -0.39 is 0 Å². The highest BCUT2D eigenvalue weighted by Gasteiger charge is 2.03. The number of methoxy groups -OCH3 is 2. The predicted octanol–water partition coefficient (Wildman–Crippen LogP) is 2.74. The number of allylic oxidation sites excluding steroid dienone is 2. The normalized spacial score (nSPS) is 12.6. The summed E-state index contributed by atoms with van der Waals surface area (Å²) in [5.74, 6) is 0. The van der Waals surface area contributed by atoms with Gasteiger partial charge in [0.25, 0.3) is 0 Å². The molecule has 0 saturated carbocycles. The Morgan fingerprint density at radius 2 is 1.92 bits per heavy atom. The first kappa shape index (κ1) is 11.7. The Morgan fingerprint density at radius 3 is 2.33 bits per heavy atom. The summed E-state index contributed by atoms with van der Waals surface area (Å²) in [6.07, 6.45) is 5.35. The number of hydrogen-bond acceptors (Lipinski definition) is 2. The highest BCUT2D eigenvalue weighted by atomic mass is 16.7. The molecule has 0 N–H and O–H groups in total. The van der Waals surface area contributed by atoms with Crippen LogP contribution in [0.25, 0.3) is 0 Å². The molecule has 72 valence electrons. The van der Waals surface area contributed by atoms with Crippen LogP contribution in [0.3, 0.4) is 0 Å². The summed E-state index contributed by atoms with van der Waals surface area (Å²) < 4.78 is 10.1. The van der Waals surface area contributed by atoms with Crippen molar-refractivity contribution in [3.63, 3.8) is 0 Å². The van der Waals surface area contributed by atoms with Gasteiger partial charge in [-0.3, -0.25) is 0 Å². The first-order valence-electron chi connectivity index (χ1n) is 4.42. The third-order valence-electron chi connectivity index (χ3n) is 2.03. The molecule has 0 atom stereocenters. The van der Waals surface area contributed by atoms with Crippen LogP contribution in [-0.4, -0.2) is 20.5 Å². The van der Waals surface area contributed by atoms with Crippen LogP contribution in [-0.2, 0) is 9.47 Å². The average Bonchev–Trinajstić information content (AvgIpc) is 2.12. The fraction of sp³-hybridized carbons (Fsp3) is 0.800. The van der Waals surface area contributed by atoms with Crippen LogP contribution in [0.4, 0.5) is 0 Å². The van der Waals surface area contributed by atoms with Crippen molar-refractivity contribution >= 4 is 0 Å². The number of ether oxygens (including phenoxy) is 2. The van der Waals surface area contributed by atoms with Crippen molar-refractivity contribution in [2.75, 3.05) is 14.2 Å². The van der Waals surface area contributed by atoms with E-state index in [0.29, 0.717) is 0 Å². The summed E-state index contributed by atoms with van der Waals surface area (Å²) >= 11 is 0. The minimum absolute atomic E-state index is 0.0327. The highest BCUT2D eigenvalue weighted by Crippen LogP contribution is 2.09. The van der Waals surface area contributed by atoms with Gasteiger partial charge < -0.3 is 9.47 Å². The van der Waals surface area contributed by atoms with Gasteiger partial charge in [-0.05, 0) is 33.1 Å². The molecule has 0 radical (unpaired) electrons. The average molecular weight is 172 g/mol. The van der Waals surface area contributed by atoms with Crippen molar-refractivity contribution < 1.29 is 9.47 Å². The first-order valence-corrected chi connectivity index (χ1v) is 4.42. The lowest BCUT2D eigenvalue weighted by Crippen LogP contribution is -2.12. The molecule has 0 aromatic rings. The van der Waals surface area contributed by atoms with Crippen LogP contribution >= 0.6 is 0 Å². The topological polar surface area (TPSA) is 18.5 Å². The van der Waals surface area contributed by atoms with E-state index >= 15 is 0 Å². The SMILES string of the molecule is C/C=C(\C)CCCC(OC)OC. The van der Waals surface area contributed by atoms with Gasteiger partial charge in [0, 0.05) is 14.2 Å². The zero-order valence-electron chi connectivity index (χ0n) is 8.59. The second kappa shape index (κ2) is 7.32. The Morgan fingerprint density at radius 1 is 1.33 bits per heavy atom. The zero-order valence-corrected chi connectivity index (χ0v) is 8.59. The standard InChI is InChI=1S/C10H20O2/c1-5-9(2)7-6-8-10(11-3)12-4/h5,10H,6-8H2,1-4H3/b9-5+. The summed E-state index contributed by atoms with van der Waals surface area (Å²) in [7, 11) is 3.35. The van der Waals surface area contributed by atoms with Crippen molar-refractivity contribution in [2.24, 2.45) is 0 Å². The Labute approximate surface area is 75.6 Å². The first-order chi connectivity index (χ1) is 5.74. The summed E-state index contributed by atoms with van der Waals surface area (Å²) in [5, 5.41) is 0. The van der Waals surface area contributed by atoms with E-state index in [0.717, 1.165) is 19.3 Å². The van der Waals surface area contributed by atoms with Gasteiger partial charge in [-0.1, -0.05) is 11.6 Å². The van der Waals surface area contributed by atoms with E-state index in [1.807, 2.05) is 0 Å². The van der Waals surface area contributed by atoms with E-state index in [2.05, 4.69) is 19.9 Å². The fourth-order valence-corrected chi connectivity index (χ4v) is 1.02. The third-order valence-corrected chi connectivity index (χ3v) is 2.03. The van der Waals surface area contributed by atoms with Gasteiger partial charge in [0.1, 0.15) is 0 Å². The maximum absolute atomic E-state index is 5.07. The van der Waals surface area contributed by atoms with Crippen LogP contribution in [0.2, 0.25) is 0 Å². The lowest BCUT2D eigenvalue weighted by molar-refractivity contribution is -0.106. The van der Waals surface area contributed by atoms with E-state index in [1.165, 1.54) is 5.57 Å². The number of hydrogen-bond donors (Lipinski definition) is 0.